The van der Waals surface area contributed by atoms with Crippen molar-refractivity contribution in [1.82, 2.24) is 15.2 Å². The van der Waals surface area contributed by atoms with Crippen molar-refractivity contribution in [1.29, 1.82) is 0 Å². The fourth-order valence-electron chi connectivity index (χ4n) is 4.07. The number of nitrogens with zero attached hydrogens (tertiary/aromatic N) is 3. The van der Waals surface area contributed by atoms with Gasteiger partial charge in [-0.1, -0.05) is 12.1 Å². The fourth-order valence-corrected chi connectivity index (χ4v) is 4.07. The number of piperazine rings is 1. The van der Waals surface area contributed by atoms with Gasteiger partial charge in [0.25, 0.3) is 5.91 Å². The minimum atomic E-state index is -0.539. The average Bonchev–Trinajstić information content (AvgIpc) is 2.93. The van der Waals surface area contributed by atoms with E-state index in [0.717, 1.165) is 5.69 Å². The molecule has 0 saturated carbocycles. The lowest BCUT2D eigenvalue weighted by Gasteiger charge is -2.37. The number of hydrogen-bond acceptors (Lipinski definition) is 7. The van der Waals surface area contributed by atoms with Crippen LogP contribution < -0.4 is 25.6 Å². The van der Waals surface area contributed by atoms with Gasteiger partial charge in [0.2, 0.25) is 0 Å². The van der Waals surface area contributed by atoms with Gasteiger partial charge in [-0.3, -0.25) is 9.78 Å². The molecule has 0 bridgehead atoms. The Morgan fingerprint density at radius 3 is 2.25 bits per heavy atom. The van der Waals surface area contributed by atoms with Crippen LogP contribution >= 0.6 is 0 Å². The molecule has 2 heterocycles. The monoisotopic (exact) mass is 546 g/mol. The van der Waals surface area contributed by atoms with Crippen molar-refractivity contribution in [2.24, 2.45) is 0 Å². The maximum atomic E-state index is 12.8. The van der Waals surface area contributed by atoms with Gasteiger partial charge in [-0.05, 0) is 63.2 Å². The van der Waals surface area contributed by atoms with Crippen LogP contribution in [0.5, 0.6) is 11.5 Å². The molecule has 40 heavy (non-hydrogen) atoms. The number of rotatable bonds is 6. The largest absolute Gasteiger partial charge is 0.457 e. The Morgan fingerprint density at radius 2 is 1.57 bits per heavy atom. The van der Waals surface area contributed by atoms with Crippen molar-refractivity contribution >= 4 is 35.1 Å². The second-order valence-electron chi connectivity index (χ2n) is 10.1. The maximum Gasteiger partial charge on any atom is 0.410 e. The van der Waals surface area contributed by atoms with Gasteiger partial charge < -0.3 is 35.2 Å². The molecule has 4 rings (SSSR count). The number of carbonyl (C=O) groups excluding carboxylic acids is 3. The number of aromatic nitrogens is 1. The summed E-state index contributed by atoms with van der Waals surface area (Å²) in [6.07, 6.45) is 1.18. The number of anilines is 3. The van der Waals surface area contributed by atoms with Crippen molar-refractivity contribution in [2.45, 2.75) is 26.4 Å². The molecule has 11 heteroatoms. The highest BCUT2D eigenvalue weighted by molar-refractivity contribution is 6.02. The Morgan fingerprint density at radius 1 is 0.875 bits per heavy atom. The van der Waals surface area contributed by atoms with Gasteiger partial charge >= 0.3 is 12.1 Å². The molecule has 210 valence electrons. The minimum Gasteiger partial charge on any atom is -0.457 e. The fraction of sp³-hybridized carbons (Fsp3) is 0.310. The van der Waals surface area contributed by atoms with E-state index in [1.54, 1.807) is 41.3 Å². The quantitative estimate of drug-likeness (QED) is 0.400. The first-order chi connectivity index (χ1) is 19.1. The summed E-state index contributed by atoms with van der Waals surface area (Å²) >= 11 is 0. The number of ether oxygens (including phenoxy) is 2. The minimum absolute atomic E-state index is 0.250. The molecule has 3 aromatic rings. The van der Waals surface area contributed by atoms with Gasteiger partial charge in [-0.2, -0.15) is 0 Å². The van der Waals surface area contributed by atoms with Gasteiger partial charge in [0.15, 0.2) is 0 Å². The zero-order chi connectivity index (χ0) is 28.7. The molecule has 0 spiro atoms. The molecule has 3 N–H and O–H groups in total. The standard InChI is InChI=1S/C29H34N6O5/c1-29(2,3)40-28(38)35-17-15-34(16-18-35)25-8-6-5-7-23(25)33-27(37)32-20-9-11-21(12-10-20)39-22-13-14-31-24(19-22)26(36)30-4/h5-14,19H,15-18H2,1-4H3,(H,30,36)(H2,32,33,37). The van der Waals surface area contributed by atoms with E-state index in [2.05, 4.69) is 25.8 Å². The first-order valence-corrected chi connectivity index (χ1v) is 13.0. The third kappa shape index (κ3) is 7.62. The van der Waals surface area contributed by atoms with Crippen LogP contribution in [-0.2, 0) is 4.74 Å². The van der Waals surface area contributed by atoms with E-state index in [1.165, 1.54) is 13.2 Å². The zero-order valence-electron chi connectivity index (χ0n) is 23.1. The molecule has 0 unspecified atom stereocenters. The number of carbonyl (C=O) groups is 3. The Bertz CT molecular complexity index is 1350. The molecule has 4 amide bonds. The van der Waals surface area contributed by atoms with Crippen LogP contribution in [0, 0.1) is 0 Å². The Labute approximate surface area is 233 Å². The lowest BCUT2D eigenvalue weighted by atomic mass is 10.2. The lowest BCUT2D eigenvalue weighted by Crippen LogP contribution is -2.50. The molecule has 1 aliphatic rings. The summed E-state index contributed by atoms with van der Waals surface area (Å²) in [4.78, 5) is 44.9. The predicted octanol–water partition coefficient (Wildman–Crippen LogP) is 4.93. The van der Waals surface area contributed by atoms with Crippen molar-refractivity contribution in [2.75, 3.05) is 48.8 Å². The van der Waals surface area contributed by atoms with Gasteiger partial charge in [0, 0.05) is 51.2 Å². The second-order valence-corrected chi connectivity index (χ2v) is 10.1. The summed E-state index contributed by atoms with van der Waals surface area (Å²) in [5.41, 5.74) is 1.83. The molecule has 1 aliphatic heterocycles. The highest BCUT2D eigenvalue weighted by atomic mass is 16.6. The van der Waals surface area contributed by atoms with Crippen LogP contribution in [-0.4, -0.2) is 66.7 Å². The molecule has 0 aliphatic carbocycles. The maximum absolute atomic E-state index is 12.8. The van der Waals surface area contributed by atoms with E-state index in [-0.39, 0.29) is 17.7 Å². The summed E-state index contributed by atoms with van der Waals surface area (Å²) in [6.45, 7) is 7.83. The van der Waals surface area contributed by atoms with Crippen LogP contribution in [0.15, 0.2) is 66.9 Å². The lowest BCUT2D eigenvalue weighted by molar-refractivity contribution is 0.0240. The van der Waals surface area contributed by atoms with E-state index in [0.29, 0.717) is 49.1 Å². The molecular formula is C29H34N6O5. The first kappa shape index (κ1) is 28.2. The van der Waals surface area contributed by atoms with Gasteiger partial charge in [-0.15, -0.1) is 0 Å². The molecule has 1 saturated heterocycles. The van der Waals surface area contributed by atoms with Crippen molar-refractivity contribution in [3.05, 3.63) is 72.6 Å². The molecular weight excluding hydrogens is 512 g/mol. The molecule has 1 aromatic heterocycles. The van der Waals surface area contributed by atoms with Crippen LogP contribution in [0.25, 0.3) is 0 Å². The summed E-state index contributed by atoms with van der Waals surface area (Å²) < 4.78 is 11.3. The normalized spacial score (nSPS) is 13.3. The number of para-hydroxylation sites is 2. The number of amides is 4. The molecule has 1 fully saturated rings. The van der Waals surface area contributed by atoms with E-state index in [1.807, 2.05) is 45.0 Å². The van der Waals surface area contributed by atoms with Crippen LogP contribution in [0.3, 0.4) is 0 Å². The summed E-state index contributed by atoms with van der Waals surface area (Å²) in [5, 5.41) is 8.28. The van der Waals surface area contributed by atoms with Gasteiger partial charge in [0.05, 0.1) is 11.4 Å². The van der Waals surface area contributed by atoms with E-state index in [4.69, 9.17) is 9.47 Å². The highest BCUT2D eigenvalue weighted by Gasteiger charge is 2.26. The number of hydrogen-bond donors (Lipinski definition) is 3. The Kier molecular flexibility index (Phi) is 8.73. The molecule has 11 nitrogen and oxygen atoms in total. The molecule has 2 aromatic carbocycles. The van der Waals surface area contributed by atoms with E-state index >= 15 is 0 Å². The average molecular weight is 547 g/mol. The number of pyridine rings is 1. The summed E-state index contributed by atoms with van der Waals surface area (Å²) in [7, 11) is 1.53. The van der Waals surface area contributed by atoms with Crippen LogP contribution in [0.2, 0.25) is 0 Å². The molecule has 0 atom stereocenters. The Hall–Kier alpha value is -4.80. The van der Waals surface area contributed by atoms with Crippen molar-refractivity contribution in [3.63, 3.8) is 0 Å². The van der Waals surface area contributed by atoms with Crippen LogP contribution in [0.1, 0.15) is 31.3 Å². The van der Waals surface area contributed by atoms with Crippen molar-refractivity contribution < 1.29 is 23.9 Å². The van der Waals surface area contributed by atoms with Crippen molar-refractivity contribution in [3.8, 4) is 11.5 Å². The SMILES string of the molecule is CNC(=O)c1cc(Oc2ccc(NC(=O)Nc3ccccc3N3CCN(C(=O)OC(C)(C)C)CC3)cc2)ccn1. The smallest absolute Gasteiger partial charge is 0.410 e. The third-order valence-electron chi connectivity index (χ3n) is 5.96. The van der Waals surface area contributed by atoms with Crippen LogP contribution in [0.4, 0.5) is 26.7 Å². The summed E-state index contributed by atoms with van der Waals surface area (Å²) in [5.74, 6) is 0.701. The predicted molar refractivity (Wildman–Crippen MR) is 153 cm³/mol. The topological polar surface area (TPSA) is 125 Å². The highest BCUT2D eigenvalue weighted by Crippen LogP contribution is 2.28. The first-order valence-electron chi connectivity index (χ1n) is 13.0. The summed E-state index contributed by atoms with van der Waals surface area (Å²) in [6, 6.07) is 17.2. The van der Waals surface area contributed by atoms with Gasteiger partial charge in [-0.25, -0.2) is 9.59 Å². The van der Waals surface area contributed by atoms with E-state index in [9.17, 15) is 14.4 Å². The second kappa shape index (κ2) is 12.4. The van der Waals surface area contributed by atoms with Gasteiger partial charge in [0.1, 0.15) is 22.8 Å². The third-order valence-corrected chi connectivity index (χ3v) is 5.96. The Balaban J connectivity index is 1.33. The number of nitrogens with one attached hydrogen (secondary N) is 3. The number of urea groups is 1. The number of benzene rings is 2. The molecule has 0 radical (unpaired) electrons. The zero-order valence-corrected chi connectivity index (χ0v) is 23.1. The van der Waals surface area contributed by atoms with E-state index < -0.39 is 11.6 Å².